The van der Waals surface area contributed by atoms with Crippen molar-refractivity contribution in [2.75, 3.05) is 5.73 Å². The Hall–Kier alpha value is -1.40. The predicted octanol–water partition coefficient (Wildman–Crippen LogP) is 3.86. The molecule has 0 fully saturated rings. The van der Waals surface area contributed by atoms with Gasteiger partial charge in [-0.3, -0.25) is 4.79 Å². The largest absolute Gasteiger partial charge is 0.399 e. The lowest BCUT2D eigenvalue weighted by atomic mass is 10.1. The van der Waals surface area contributed by atoms with Crippen LogP contribution in [-0.4, -0.2) is 5.91 Å². The zero-order valence-electron chi connectivity index (χ0n) is 10.3. The van der Waals surface area contributed by atoms with Gasteiger partial charge in [0.05, 0.1) is 5.56 Å². The zero-order valence-corrected chi connectivity index (χ0v) is 13.5. The molecule has 0 radical (unpaired) electrons. The molecule has 2 rings (SSSR count). The Kier molecular flexibility index (Phi) is 4.77. The lowest BCUT2D eigenvalue weighted by Gasteiger charge is -2.09. The molecule has 0 unspecified atom stereocenters. The summed E-state index contributed by atoms with van der Waals surface area (Å²) in [5.41, 5.74) is 7.27. The SMILES string of the molecule is Nc1ccc(Br)c(C(=O)NCc2cc(F)ccc2Br)c1. The molecule has 0 aliphatic rings. The lowest BCUT2D eigenvalue weighted by molar-refractivity contribution is 0.0950. The van der Waals surface area contributed by atoms with E-state index in [1.807, 2.05) is 0 Å². The lowest BCUT2D eigenvalue weighted by Crippen LogP contribution is -2.23. The summed E-state index contributed by atoms with van der Waals surface area (Å²) in [5, 5.41) is 2.73. The van der Waals surface area contributed by atoms with Gasteiger partial charge in [-0.2, -0.15) is 0 Å². The van der Waals surface area contributed by atoms with Crippen molar-refractivity contribution in [1.29, 1.82) is 0 Å². The van der Waals surface area contributed by atoms with Crippen LogP contribution < -0.4 is 11.1 Å². The minimum atomic E-state index is -0.345. The third-order valence-corrected chi connectivity index (χ3v) is 4.15. The van der Waals surface area contributed by atoms with Crippen LogP contribution in [0.15, 0.2) is 45.3 Å². The molecule has 3 nitrogen and oxygen atoms in total. The van der Waals surface area contributed by atoms with E-state index < -0.39 is 0 Å². The number of carbonyl (C=O) groups excluding carboxylic acids is 1. The van der Waals surface area contributed by atoms with Crippen LogP contribution >= 0.6 is 31.9 Å². The number of carbonyl (C=O) groups is 1. The molecule has 1 amide bonds. The quantitative estimate of drug-likeness (QED) is 0.767. The Morgan fingerprint density at radius 3 is 2.60 bits per heavy atom. The first kappa shape index (κ1) is 15.0. The highest BCUT2D eigenvalue weighted by atomic mass is 79.9. The highest BCUT2D eigenvalue weighted by molar-refractivity contribution is 9.10. The molecule has 0 saturated heterocycles. The van der Waals surface area contributed by atoms with E-state index in [0.29, 0.717) is 21.3 Å². The highest BCUT2D eigenvalue weighted by Crippen LogP contribution is 2.21. The summed E-state index contributed by atoms with van der Waals surface area (Å²) in [6.07, 6.45) is 0. The second-order valence-electron chi connectivity index (χ2n) is 4.16. The molecule has 0 aliphatic heterocycles. The fourth-order valence-electron chi connectivity index (χ4n) is 1.67. The molecule has 0 spiro atoms. The Morgan fingerprint density at radius 1 is 1.15 bits per heavy atom. The Bertz CT molecular complexity index is 662. The number of halogens is 3. The summed E-state index contributed by atoms with van der Waals surface area (Å²) < 4.78 is 14.6. The fraction of sp³-hybridized carbons (Fsp3) is 0.0714. The maximum absolute atomic E-state index is 13.2. The molecule has 6 heteroatoms. The van der Waals surface area contributed by atoms with E-state index in [4.69, 9.17) is 5.73 Å². The van der Waals surface area contributed by atoms with E-state index in [1.54, 1.807) is 24.3 Å². The van der Waals surface area contributed by atoms with Crippen molar-refractivity contribution < 1.29 is 9.18 Å². The van der Waals surface area contributed by atoms with Gasteiger partial charge in [-0.1, -0.05) is 15.9 Å². The molecular weight excluding hydrogens is 391 g/mol. The van der Waals surface area contributed by atoms with E-state index in [-0.39, 0.29) is 18.3 Å². The number of amides is 1. The van der Waals surface area contributed by atoms with Crippen molar-refractivity contribution in [2.24, 2.45) is 0 Å². The molecule has 0 aliphatic carbocycles. The van der Waals surface area contributed by atoms with E-state index in [1.165, 1.54) is 12.1 Å². The van der Waals surface area contributed by atoms with Gasteiger partial charge in [-0.25, -0.2) is 4.39 Å². The maximum Gasteiger partial charge on any atom is 0.252 e. The molecule has 0 aromatic heterocycles. The number of hydrogen-bond acceptors (Lipinski definition) is 2. The van der Waals surface area contributed by atoms with Crippen LogP contribution in [0.5, 0.6) is 0 Å². The monoisotopic (exact) mass is 400 g/mol. The molecule has 2 aromatic carbocycles. The van der Waals surface area contributed by atoms with Crippen LogP contribution in [-0.2, 0) is 6.54 Å². The van der Waals surface area contributed by atoms with Crippen LogP contribution in [0.25, 0.3) is 0 Å². The molecule has 104 valence electrons. The highest BCUT2D eigenvalue weighted by Gasteiger charge is 2.11. The number of rotatable bonds is 3. The Labute approximate surface area is 132 Å². The average molecular weight is 402 g/mol. The zero-order chi connectivity index (χ0) is 14.7. The number of nitrogens with one attached hydrogen (secondary N) is 1. The average Bonchev–Trinajstić information content (AvgIpc) is 2.42. The molecule has 3 N–H and O–H groups in total. The third kappa shape index (κ3) is 3.58. The number of hydrogen-bond donors (Lipinski definition) is 2. The van der Waals surface area contributed by atoms with Crippen molar-refractivity contribution in [2.45, 2.75) is 6.54 Å². The minimum Gasteiger partial charge on any atom is -0.399 e. The van der Waals surface area contributed by atoms with Crippen LogP contribution in [0.3, 0.4) is 0 Å². The van der Waals surface area contributed by atoms with Gasteiger partial charge in [-0.05, 0) is 57.9 Å². The Morgan fingerprint density at radius 2 is 1.85 bits per heavy atom. The number of nitrogens with two attached hydrogens (primary N) is 1. The normalized spacial score (nSPS) is 10.3. The van der Waals surface area contributed by atoms with E-state index in [0.717, 1.165) is 4.47 Å². The minimum absolute atomic E-state index is 0.221. The summed E-state index contributed by atoms with van der Waals surface area (Å²) >= 11 is 6.61. The van der Waals surface area contributed by atoms with E-state index >= 15 is 0 Å². The van der Waals surface area contributed by atoms with Gasteiger partial charge in [0.1, 0.15) is 5.82 Å². The van der Waals surface area contributed by atoms with Gasteiger partial charge < -0.3 is 11.1 Å². The van der Waals surface area contributed by atoms with Gasteiger partial charge in [0.15, 0.2) is 0 Å². The van der Waals surface area contributed by atoms with Crippen LogP contribution in [0.4, 0.5) is 10.1 Å². The standard InChI is InChI=1S/C14H11Br2FN2O/c15-12-3-1-9(17)5-8(12)7-19-14(20)11-6-10(18)2-4-13(11)16/h1-6H,7,18H2,(H,19,20). The van der Waals surface area contributed by atoms with Crippen LogP contribution in [0.1, 0.15) is 15.9 Å². The van der Waals surface area contributed by atoms with Crippen molar-refractivity contribution in [1.82, 2.24) is 5.32 Å². The summed E-state index contributed by atoms with van der Waals surface area (Å²) in [6.45, 7) is 0.221. The second-order valence-corrected chi connectivity index (χ2v) is 5.87. The summed E-state index contributed by atoms with van der Waals surface area (Å²) in [6, 6.07) is 9.32. The second kappa shape index (κ2) is 6.37. The van der Waals surface area contributed by atoms with Crippen molar-refractivity contribution in [3.8, 4) is 0 Å². The number of benzene rings is 2. The first-order chi connectivity index (χ1) is 9.47. The van der Waals surface area contributed by atoms with Gasteiger partial charge >= 0.3 is 0 Å². The molecule has 0 bridgehead atoms. The Balaban J connectivity index is 2.12. The van der Waals surface area contributed by atoms with Gasteiger partial charge in [0.25, 0.3) is 5.91 Å². The van der Waals surface area contributed by atoms with Gasteiger partial charge in [0.2, 0.25) is 0 Å². The van der Waals surface area contributed by atoms with Gasteiger partial charge in [-0.15, -0.1) is 0 Å². The molecular formula is C14H11Br2FN2O. The first-order valence-corrected chi connectivity index (χ1v) is 7.33. The summed E-state index contributed by atoms with van der Waals surface area (Å²) in [5.74, 6) is -0.622. The molecule has 2 aromatic rings. The molecule has 20 heavy (non-hydrogen) atoms. The van der Waals surface area contributed by atoms with Crippen molar-refractivity contribution in [3.05, 3.63) is 62.3 Å². The van der Waals surface area contributed by atoms with Gasteiger partial charge in [0, 0.05) is 21.2 Å². The van der Waals surface area contributed by atoms with Crippen LogP contribution in [0.2, 0.25) is 0 Å². The smallest absolute Gasteiger partial charge is 0.252 e. The van der Waals surface area contributed by atoms with E-state index in [9.17, 15) is 9.18 Å². The molecule has 0 saturated carbocycles. The van der Waals surface area contributed by atoms with E-state index in [2.05, 4.69) is 37.2 Å². The maximum atomic E-state index is 13.2. The number of anilines is 1. The third-order valence-electron chi connectivity index (χ3n) is 2.68. The van der Waals surface area contributed by atoms with Crippen molar-refractivity contribution in [3.63, 3.8) is 0 Å². The first-order valence-electron chi connectivity index (χ1n) is 5.74. The molecule has 0 atom stereocenters. The van der Waals surface area contributed by atoms with Crippen molar-refractivity contribution >= 4 is 43.5 Å². The summed E-state index contributed by atoms with van der Waals surface area (Å²) in [7, 11) is 0. The summed E-state index contributed by atoms with van der Waals surface area (Å²) in [4.78, 5) is 12.1. The fourth-order valence-corrected chi connectivity index (χ4v) is 2.48. The van der Waals surface area contributed by atoms with Crippen LogP contribution in [0, 0.1) is 5.82 Å². The topological polar surface area (TPSA) is 55.1 Å². The number of nitrogen functional groups attached to an aromatic ring is 1. The molecule has 0 heterocycles. The predicted molar refractivity (Wildman–Crippen MR) is 83.8 cm³/mol.